The van der Waals surface area contributed by atoms with Crippen LogP contribution in [0.3, 0.4) is 0 Å². The van der Waals surface area contributed by atoms with E-state index < -0.39 is 0 Å². The largest absolute Gasteiger partial charge is 0.294 e. The van der Waals surface area contributed by atoms with Crippen LogP contribution in [0, 0.1) is 0 Å². The van der Waals surface area contributed by atoms with Gasteiger partial charge < -0.3 is 0 Å². The minimum absolute atomic E-state index is 0.254. The number of carbonyl (C=O) groups is 1. The van der Waals surface area contributed by atoms with Crippen LogP contribution >= 0.6 is 0 Å². The number of rotatable bonds is 4. The summed E-state index contributed by atoms with van der Waals surface area (Å²) >= 11 is 0. The minimum Gasteiger partial charge on any atom is -0.294 e. The SMILES string of the molecule is CBCc1ccccc1C(=O)CC. The van der Waals surface area contributed by atoms with Gasteiger partial charge in [-0.3, -0.25) is 4.79 Å². The molecule has 0 bridgehead atoms. The predicted molar refractivity (Wildman–Crippen MR) is 57.8 cm³/mol. The molecule has 1 aromatic rings. The Kier molecular flexibility index (Phi) is 3.75. The Hall–Kier alpha value is -1.05. The van der Waals surface area contributed by atoms with Crippen molar-refractivity contribution in [2.24, 2.45) is 0 Å². The summed E-state index contributed by atoms with van der Waals surface area (Å²) < 4.78 is 0. The molecule has 0 radical (unpaired) electrons. The molecule has 0 amide bonds. The quantitative estimate of drug-likeness (QED) is 0.505. The number of Topliss-reactive ketones (excluding diaryl/α,β-unsaturated/α-hetero) is 1. The summed E-state index contributed by atoms with van der Waals surface area (Å²) in [4.78, 5) is 11.5. The van der Waals surface area contributed by atoms with Gasteiger partial charge in [-0.2, -0.15) is 0 Å². The van der Waals surface area contributed by atoms with E-state index in [0.29, 0.717) is 6.42 Å². The van der Waals surface area contributed by atoms with E-state index in [1.165, 1.54) is 5.56 Å². The minimum atomic E-state index is 0.254. The number of benzene rings is 1. The van der Waals surface area contributed by atoms with E-state index >= 15 is 0 Å². The lowest BCUT2D eigenvalue weighted by atomic mass is 9.73. The van der Waals surface area contributed by atoms with Crippen molar-refractivity contribution in [3.05, 3.63) is 35.4 Å². The molecule has 1 aromatic carbocycles. The van der Waals surface area contributed by atoms with Gasteiger partial charge >= 0.3 is 0 Å². The van der Waals surface area contributed by atoms with E-state index in [2.05, 4.69) is 6.82 Å². The van der Waals surface area contributed by atoms with Crippen molar-refractivity contribution in [3.8, 4) is 0 Å². The Morgan fingerprint density at radius 2 is 2.08 bits per heavy atom. The summed E-state index contributed by atoms with van der Waals surface area (Å²) in [5.74, 6) is 0.254. The fourth-order valence-electron chi connectivity index (χ4n) is 1.47. The van der Waals surface area contributed by atoms with Gasteiger partial charge in [0.2, 0.25) is 0 Å². The number of hydrogen-bond acceptors (Lipinski definition) is 1. The van der Waals surface area contributed by atoms with Crippen LogP contribution in [0.1, 0.15) is 29.3 Å². The molecule has 0 aliphatic rings. The molecule has 1 rings (SSSR count). The highest BCUT2D eigenvalue weighted by atomic mass is 16.1. The second-order valence-electron chi connectivity index (χ2n) is 3.18. The van der Waals surface area contributed by atoms with Gasteiger partial charge in [-0.05, 0) is 5.56 Å². The topological polar surface area (TPSA) is 17.1 Å². The zero-order chi connectivity index (χ0) is 9.68. The number of ketones is 1. The first kappa shape index (κ1) is 10.0. The molecule has 0 heterocycles. The third-order valence-corrected chi connectivity index (χ3v) is 2.16. The Balaban J connectivity index is 2.97. The lowest BCUT2D eigenvalue weighted by Gasteiger charge is -2.05. The molecular weight excluding hydrogens is 159 g/mol. The van der Waals surface area contributed by atoms with E-state index in [0.717, 1.165) is 19.2 Å². The van der Waals surface area contributed by atoms with Crippen LogP contribution in [0.15, 0.2) is 24.3 Å². The van der Waals surface area contributed by atoms with Gasteiger partial charge in [0.25, 0.3) is 0 Å². The second kappa shape index (κ2) is 4.85. The second-order valence-corrected chi connectivity index (χ2v) is 3.18. The van der Waals surface area contributed by atoms with Crippen molar-refractivity contribution in [2.45, 2.75) is 26.5 Å². The van der Waals surface area contributed by atoms with Crippen molar-refractivity contribution in [3.63, 3.8) is 0 Å². The van der Waals surface area contributed by atoms with E-state index in [1.807, 2.05) is 31.2 Å². The maximum absolute atomic E-state index is 11.5. The lowest BCUT2D eigenvalue weighted by Crippen LogP contribution is -2.04. The third kappa shape index (κ3) is 2.45. The highest BCUT2D eigenvalue weighted by Crippen LogP contribution is 2.11. The van der Waals surface area contributed by atoms with Crippen LogP contribution in [0.4, 0.5) is 0 Å². The first-order valence-electron chi connectivity index (χ1n) is 4.90. The van der Waals surface area contributed by atoms with Gasteiger partial charge in [0.05, 0.1) is 0 Å². The van der Waals surface area contributed by atoms with Gasteiger partial charge in [0.15, 0.2) is 5.78 Å². The van der Waals surface area contributed by atoms with Crippen LogP contribution in [0.5, 0.6) is 0 Å². The van der Waals surface area contributed by atoms with Crippen molar-refractivity contribution < 1.29 is 4.79 Å². The van der Waals surface area contributed by atoms with Crippen LogP contribution in [-0.2, 0) is 6.32 Å². The van der Waals surface area contributed by atoms with Crippen LogP contribution in [0.25, 0.3) is 0 Å². The molecule has 68 valence electrons. The molecule has 2 heteroatoms. The Bertz CT molecular complexity index is 294. The van der Waals surface area contributed by atoms with Crippen molar-refractivity contribution >= 4 is 13.1 Å². The number of carbonyl (C=O) groups excluding carboxylic acids is 1. The predicted octanol–water partition coefficient (Wildman–Crippen LogP) is 2.26. The summed E-state index contributed by atoms with van der Waals surface area (Å²) in [5.41, 5.74) is 2.10. The first-order valence-corrected chi connectivity index (χ1v) is 4.90. The van der Waals surface area contributed by atoms with Crippen LogP contribution in [0.2, 0.25) is 6.82 Å². The highest BCUT2D eigenvalue weighted by Gasteiger charge is 2.07. The van der Waals surface area contributed by atoms with E-state index in [-0.39, 0.29) is 5.78 Å². The Labute approximate surface area is 80.4 Å². The molecule has 0 aliphatic heterocycles. The summed E-state index contributed by atoms with van der Waals surface area (Å²) in [5, 5.41) is 0. The monoisotopic (exact) mass is 174 g/mol. The highest BCUT2D eigenvalue weighted by molar-refractivity contribution is 6.33. The molecule has 1 nitrogen and oxygen atoms in total. The smallest absolute Gasteiger partial charge is 0.162 e. The van der Waals surface area contributed by atoms with Gasteiger partial charge in [-0.25, -0.2) is 0 Å². The normalized spacial score (nSPS) is 9.69. The molecule has 0 spiro atoms. The van der Waals surface area contributed by atoms with E-state index in [4.69, 9.17) is 0 Å². The fraction of sp³-hybridized carbons (Fsp3) is 0.364. The Morgan fingerprint density at radius 1 is 1.38 bits per heavy atom. The summed E-state index contributed by atoms with van der Waals surface area (Å²) in [7, 11) is 1.09. The van der Waals surface area contributed by atoms with E-state index in [9.17, 15) is 4.79 Å². The molecule has 0 fully saturated rings. The molecule has 0 unspecified atom stereocenters. The summed E-state index contributed by atoms with van der Waals surface area (Å²) in [6, 6.07) is 7.91. The van der Waals surface area contributed by atoms with Crippen molar-refractivity contribution in [1.29, 1.82) is 0 Å². The van der Waals surface area contributed by atoms with Gasteiger partial charge in [-0.15, -0.1) is 0 Å². The fourth-order valence-corrected chi connectivity index (χ4v) is 1.47. The van der Waals surface area contributed by atoms with Crippen LogP contribution in [-0.4, -0.2) is 13.1 Å². The molecule has 0 saturated heterocycles. The van der Waals surface area contributed by atoms with Crippen molar-refractivity contribution in [2.75, 3.05) is 0 Å². The van der Waals surface area contributed by atoms with Gasteiger partial charge in [0, 0.05) is 12.0 Å². The summed E-state index contributed by atoms with van der Waals surface area (Å²) in [6.07, 6.45) is 1.60. The Morgan fingerprint density at radius 3 is 2.69 bits per heavy atom. The maximum Gasteiger partial charge on any atom is 0.162 e. The molecule has 0 atom stereocenters. The van der Waals surface area contributed by atoms with Gasteiger partial charge in [0.1, 0.15) is 7.28 Å². The molecule has 0 aromatic heterocycles. The average Bonchev–Trinajstić information content (AvgIpc) is 2.18. The molecule has 13 heavy (non-hydrogen) atoms. The lowest BCUT2D eigenvalue weighted by molar-refractivity contribution is 0.0987. The maximum atomic E-state index is 11.5. The molecule has 0 saturated carbocycles. The zero-order valence-corrected chi connectivity index (χ0v) is 8.34. The van der Waals surface area contributed by atoms with Crippen molar-refractivity contribution in [1.82, 2.24) is 0 Å². The van der Waals surface area contributed by atoms with Crippen LogP contribution < -0.4 is 0 Å². The van der Waals surface area contributed by atoms with Gasteiger partial charge in [-0.1, -0.05) is 44.3 Å². The van der Waals surface area contributed by atoms with E-state index in [1.54, 1.807) is 0 Å². The number of hydrogen-bond donors (Lipinski definition) is 0. The zero-order valence-electron chi connectivity index (χ0n) is 8.34. The first-order chi connectivity index (χ1) is 6.29. The average molecular weight is 174 g/mol. The third-order valence-electron chi connectivity index (χ3n) is 2.16. The molecule has 0 aliphatic carbocycles. The molecular formula is C11H15BO. The molecule has 0 N–H and O–H groups in total. The summed E-state index contributed by atoms with van der Waals surface area (Å²) in [6.45, 7) is 4.04. The standard InChI is InChI=1S/C11H15BO/c1-3-11(13)10-7-5-4-6-9(10)8-12-2/h4-7,12H,3,8H2,1-2H3.